The van der Waals surface area contributed by atoms with Gasteiger partial charge in [0.25, 0.3) is 0 Å². The van der Waals surface area contributed by atoms with Gasteiger partial charge >= 0.3 is 140 Å². The van der Waals surface area contributed by atoms with E-state index in [0.717, 1.165) is 90.6 Å². The molecule has 0 aromatic rings. The van der Waals surface area contributed by atoms with Gasteiger partial charge < -0.3 is 79.3 Å². The van der Waals surface area contributed by atoms with Crippen molar-refractivity contribution in [3.05, 3.63) is 25.8 Å². The third kappa shape index (κ3) is 84.4. The molecule has 3 aliphatic heterocycles. The molecule has 0 radical (unpaired) electrons. The molecule has 0 amide bonds. The molecule has 3 aliphatic rings. The van der Waals surface area contributed by atoms with E-state index in [0.29, 0.717) is 143 Å². The van der Waals surface area contributed by atoms with Gasteiger partial charge in [-0.15, -0.1) is 0 Å². The minimum Gasteiger partial charge on any atom is -0.480 e. The molecule has 0 aliphatic carbocycles. The van der Waals surface area contributed by atoms with Crippen molar-refractivity contribution in [2.75, 3.05) is 158 Å². The number of hydrogen-bond donors (Lipinski definition) is 7. The zero-order valence-corrected chi connectivity index (χ0v) is 59.1. The van der Waals surface area contributed by atoms with Crippen LogP contribution in [0, 0.1) is 32.3 Å². The number of esters is 3. The number of epoxide rings is 1. The summed E-state index contributed by atoms with van der Waals surface area (Å²) < 4.78 is 24.5. The van der Waals surface area contributed by atoms with Gasteiger partial charge in [0, 0.05) is 118 Å². The topological polar surface area (TPSA) is 357 Å². The van der Waals surface area contributed by atoms with E-state index in [2.05, 4.69) is 16.5 Å². The van der Waals surface area contributed by atoms with Crippen molar-refractivity contribution in [1.29, 1.82) is 5.26 Å². The molecule has 85 heavy (non-hydrogen) atoms. The first-order valence-corrected chi connectivity index (χ1v) is 29.2. The predicted octanol–water partition coefficient (Wildman–Crippen LogP) is -1.35. The van der Waals surface area contributed by atoms with Gasteiger partial charge in [-0.05, 0) is 90.0 Å². The zero-order valence-electron chi connectivity index (χ0n) is 53.9. The van der Waals surface area contributed by atoms with Crippen LogP contribution in [0.4, 0.5) is 0 Å². The number of rotatable bonds is 36. The Kier molecular flexibility index (Phi) is 89.5. The van der Waals surface area contributed by atoms with Crippen LogP contribution in [-0.2, 0) is 57.2 Å². The van der Waals surface area contributed by atoms with Crippen molar-refractivity contribution < 1.29 is 192 Å². The second kappa shape index (κ2) is 78.4. The molecule has 27 heteroatoms. The maximum Gasteiger partial charge on any atom is 1.00 e. The largest absolute Gasteiger partial charge is 1.00 e. The van der Waals surface area contributed by atoms with Gasteiger partial charge in [0.15, 0.2) is 0 Å². The minimum atomic E-state index is -1.01. The first-order valence-electron chi connectivity index (χ1n) is 29.2. The Morgan fingerprint density at radius 3 is 1.08 bits per heavy atom. The molecule has 8 N–H and O–H groups in total. The molecule has 0 spiro atoms. The molecule has 3 heterocycles. The van der Waals surface area contributed by atoms with Crippen molar-refractivity contribution in [3.63, 3.8) is 0 Å². The molecule has 0 bridgehead atoms. The third-order valence-electron chi connectivity index (χ3n) is 11.5. The fourth-order valence-corrected chi connectivity index (χ4v) is 7.06. The molecule has 0 aromatic heterocycles. The molecule has 0 atom stereocenters. The number of unbranched alkanes of at least 4 members (excludes halogenated alkanes) is 9. The van der Waals surface area contributed by atoms with E-state index in [1.54, 1.807) is 27.7 Å². The zero-order chi connectivity index (χ0) is 62.1. The van der Waals surface area contributed by atoms with Gasteiger partial charge in [0.05, 0.1) is 71.7 Å². The second-order valence-corrected chi connectivity index (χ2v) is 18.8. The van der Waals surface area contributed by atoms with Gasteiger partial charge in [-0.1, -0.05) is 19.3 Å². The molecule has 0 unspecified atom stereocenters. The molecule has 0 aromatic carbocycles. The smallest absolute Gasteiger partial charge is 0.480 e. The summed E-state index contributed by atoms with van der Waals surface area (Å²) in [6, 6.07) is 1.75. The van der Waals surface area contributed by atoms with E-state index < -0.39 is 17.9 Å². The number of nitrogens with two attached hydrogens (primary N) is 1. The first kappa shape index (κ1) is 97.0. The maximum atomic E-state index is 12.7. The van der Waals surface area contributed by atoms with Crippen LogP contribution in [0.5, 0.6) is 0 Å². The number of aliphatic hydroxyl groups excluding tert-OH is 3. The van der Waals surface area contributed by atoms with Crippen molar-refractivity contribution >= 4 is 41.6 Å². The number of hydrogen-bond acceptors (Lipinski definition) is 21. The van der Waals surface area contributed by atoms with Gasteiger partial charge in [-0.3, -0.25) is 53.2 Å². The average molecular weight is 1270 g/mol. The van der Waals surface area contributed by atoms with E-state index in [-0.39, 0.29) is 181 Å². The number of Topliss-reactive ketones (excluding diaryl/α,β-unsaturated/α-hetero) is 1. The number of aliphatic carboxylic acids is 3. The third-order valence-corrected chi connectivity index (χ3v) is 11.5. The van der Waals surface area contributed by atoms with Gasteiger partial charge in [0.2, 0.25) is 6.54 Å². The Balaban J connectivity index is -0.000000183. The van der Waals surface area contributed by atoms with Crippen LogP contribution in [0.15, 0.2) is 0 Å². The Hall–Kier alpha value is -1.66. The van der Waals surface area contributed by atoms with E-state index in [1.165, 1.54) is 19.8 Å². The van der Waals surface area contributed by atoms with E-state index in [4.69, 9.17) is 51.8 Å². The Bertz CT molecular complexity index is 1600. The number of carboxylic acids is 3. The van der Waals surface area contributed by atoms with Crippen LogP contribution in [0.1, 0.15) is 150 Å². The summed E-state index contributed by atoms with van der Waals surface area (Å²) in [7, 11) is 0. The average Bonchev–Trinajstić information content (AvgIpc) is 4.21. The monoisotopic (exact) mass is 1270 g/mol. The summed E-state index contributed by atoms with van der Waals surface area (Å²) in [5, 5.41) is 61.0. The number of carbonyl (C=O) groups excluding carboxylic acids is 4. The van der Waals surface area contributed by atoms with E-state index in [9.17, 15) is 48.9 Å². The van der Waals surface area contributed by atoms with Crippen LogP contribution < -0.4 is 109 Å². The second-order valence-electron chi connectivity index (χ2n) is 18.8. The fraction of sp³-hybridized carbons (Fsp3) is 0.810. The van der Waals surface area contributed by atoms with Gasteiger partial charge in [0.1, 0.15) is 5.78 Å². The summed E-state index contributed by atoms with van der Waals surface area (Å²) in [5.41, 5.74) is 5.29. The molecule has 3 fully saturated rings. The molecular formula is C58H110K2N7O18+. The molecule has 25 nitrogen and oxygen atoms in total. The number of nitrogens with zero attached hydrogens (tertiary/aromatic N) is 6. The molecule has 486 valence electrons. The predicted molar refractivity (Wildman–Crippen MR) is 317 cm³/mol. The minimum absolute atomic E-state index is 0. The van der Waals surface area contributed by atoms with Crippen LogP contribution in [-0.4, -0.2) is 250 Å². The number of aliphatic hydroxyl groups is 3. The van der Waals surface area contributed by atoms with Gasteiger partial charge in [-0.25, -0.2) is 6.57 Å². The maximum absolute atomic E-state index is 12.7. The van der Waals surface area contributed by atoms with Crippen molar-refractivity contribution in [2.24, 2.45) is 5.73 Å². The first-order chi connectivity index (χ1) is 39.6. The van der Waals surface area contributed by atoms with Crippen molar-refractivity contribution in [1.82, 2.24) is 19.6 Å². The van der Waals surface area contributed by atoms with Crippen LogP contribution >= 0.6 is 0 Å². The summed E-state index contributed by atoms with van der Waals surface area (Å²) in [5.74, 6) is -3.57. The summed E-state index contributed by atoms with van der Waals surface area (Å²) in [6.45, 7) is 22.0. The number of nitriles is 1. The summed E-state index contributed by atoms with van der Waals surface area (Å²) >= 11 is 0. The standard InChI is InChI=1S/C27H48N4O10.C10H17NO3.C10H21NO3.C4H8O.C2H3N.C2H4O.C2H5.CH3.2K/c32-17-5-1-4-8-27(40)41-18-6-2-3-7-23(33)19-28-9-11-29(20-24(34)35)13-15-31(22-26(38)39)16-14-30(12-10-28)21-25(36)37;1-11-7-5-9-14-10(13)6-3-2-4-8-12;11-7-3-5-9-14-10(13)6-2-1-4-8-12;1-2-4-5-3-1;1-2-3;1-2-3-1;1-2;;;/h32H,1-22H2,(H,34,35)(H,36,37)(H,38,39);12H,2-9H2;12H,1-9,11H2;1-4H2;1H3;1-2H2;1H2,2H3;1H3;;/q;;;;;;2*-1;2*+1/p+1. The number of ketones is 1. The number of ether oxygens (including phenoxy) is 5. The summed E-state index contributed by atoms with van der Waals surface area (Å²) in [6.07, 6.45) is 15.5. The Labute approximate surface area is 596 Å². The summed E-state index contributed by atoms with van der Waals surface area (Å²) in [4.78, 5) is 90.8. The van der Waals surface area contributed by atoms with E-state index >= 15 is 0 Å². The Morgan fingerprint density at radius 2 is 0.812 bits per heavy atom. The number of carboxylic acid groups (broad SMARTS) is 3. The normalized spacial score (nSPS) is 13.8. The molecule has 3 saturated heterocycles. The van der Waals surface area contributed by atoms with Crippen LogP contribution in [0.2, 0.25) is 0 Å². The van der Waals surface area contributed by atoms with Crippen molar-refractivity contribution in [2.45, 2.75) is 149 Å². The number of carbonyl (C=O) groups is 7. The SMILES string of the molecule is C1CCOC1.C1CO1.CC#N.NCCCCOC(=O)CCCCCO.O=C(O)CN1CCN(CC(=O)O)CCN(CC(=O)CCCCCOC(=O)CCCCCO)CCN(CC(=O)O)CC1.[C-]#[N+]CCCOC(=O)CCCCCO.[CH2-]C.[CH3-].[H+].[K+].[K+]. The van der Waals surface area contributed by atoms with Gasteiger partial charge in [-0.2, -0.15) is 12.2 Å². The molecule has 3 rings (SSSR count). The Morgan fingerprint density at radius 1 is 0.518 bits per heavy atom. The fourth-order valence-electron chi connectivity index (χ4n) is 7.06. The van der Waals surface area contributed by atoms with Crippen LogP contribution in [0.3, 0.4) is 0 Å². The van der Waals surface area contributed by atoms with Crippen molar-refractivity contribution in [3.8, 4) is 6.07 Å². The molecular weight excluding hydrogens is 1160 g/mol. The quantitative estimate of drug-likeness (QED) is 0.00953. The van der Waals surface area contributed by atoms with E-state index in [1.807, 2.05) is 4.90 Å². The molecule has 0 saturated carbocycles. The van der Waals surface area contributed by atoms with Crippen LogP contribution in [0.25, 0.3) is 4.85 Å².